The van der Waals surface area contributed by atoms with E-state index in [0.29, 0.717) is 40.3 Å². The number of hydrogen-bond donors (Lipinski definition) is 1. The van der Waals surface area contributed by atoms with Gasteiger partial charge < -0.3 is 14.7 Å². The van der Waals surface area contributed by atoms with Crippen LogP contribution >= 0.6 is 23.2 Å². The van der Waals surface area contributed by atoms with Crippen LogP contribution in [0.5, 0.6) is 0 Å². The molecule has 134 valence electrons. The summed E-state index contributed by atoms with van der Waals surface area (Å²) in [7, 11) is 1.89. The maximum atomic E-state index is 12.9. The summed E-state index contributed by atoms with van der Waals surface area (Å²) in [5.74, 6) is 0.995. The first-order chi connectivity index (χ1) is 12.0. The highest BCUT2D eigenvalue weighted by molar-refractivity contribution is 6.35. The molecule has 6 nitrogen and oxygen atoms in total. The minimum Gasteiger partial charge on any atom is -0.337 e. The number of likely N-dealkylation sites (N-methyl/N-ethyl adjacent to an activating group) is 1. The molecule has 1 aliphatic heterocycles. The quantitative estimate of drug-likeness (QED) is 0.856. The normalized spacial score (nSPS) is 18.6. The molecular weight excluding hydrogens is 363 g/mol. The fraction of sp³-hybridized carbons (Fsp3) is 0.471. The van der Waals surface area contributed by atoms with Crippen LogP contribution in [0.15, 0.2) is 22.7 Å². The summed E-state index contributed by atoms with van der Waals surface area (Å²) in [6, 6.07) is 4.89. The van der Waals surface area contributed by atoms with E-state index in [-0.39, 0.29) is 18.0 Å². The Morgan fingerprint density at radius 3 is 2.80 bits per heavy atom. The second-order valence-electron chi connectivity index (χ2n) is 6.26. The van der Waals surface area contributed by atoms with Crippen molar-refractivity contribution in [2.24, 2.45) is 0 Å². The molecule has 1 saturated heterocycles. The van der Waals surface area contributed by atoms with Crippen LogP contribution in [0.25, 0.3) is 0 Å². The van der Waals surface area contributed by atoms with Gasteiger partial charge in [0, 0.05) is 34.6 Å². The largest absolute Gasteiger partial charge is 0.337 e. The summed E-state index contributed by atoms with van der Waals surface area (Å²) in [5, 5.41) is 8.05. The fourth-order valence-corrected chi connectivity index (χ4v) is 3.50. The Bertz CT molecular complexity index is 745. The van der Waals surface area contributed by atoms with Gasteiger partial charge in [-0.05, 0) is 45.0 Å². The molecule has 1 aromatic carbocycles. The van der Waals surface area contributed by atoms with Crippen LogP contribution in [0.2, 0.25) is 10.0 Å². The lowest BCUT2D eigenvalue weighted by Crippen LogP contribution is -2.30. The van der Waals surface area contributed by atoms with Crippen molar-refractivity contribution in [3.8, 4) is 0 Å². The number of benzene rings is 1. The van der Waals surface area contributed by atoms with E-state index < -0.39 is 0 Å². The van der Waals surface area contributed by atoms with Crippen LogP contribution in [0.1, 0.15) is 47.9 Å². The Kier molecular flexibility index (Phi) is 5.61. The summed E-state index contributed by atoms with van der Waals surface area (Å²) in [5.41, 5.74) is 0.466. The molecule has 1 amide bonds. The molecule has 1 fully saturated rings. The SMILES string of the molecule is CNC(C)Cc1noc(C2CCCN2C(=O)c2cc(Cl)cc(Cl)c2)n1. The van der Waals surface area contributed by atoms with Crippen molar-refractivity contribution >= 4 is 29.1 Å². The summed E-state index contributed by atoms with van der Waals surface area (Å²) in [6.45, 7) is 2.68. The van der Waals surface area contributed by atoms with Crippen LogP contribution in [0.4, 0.5) is 0 Å². The second kappa shape index (κ2) is 7.72. The lowest BCUT2D eigenvalue weighted by atomic mass is 10.1. The van der Waals surface area contributed by atoms with Crippen molar-refractivity contribution < 1.29 is 9.32 Å². The van der Waals surface area contributed by atoms with Gasteiger partial charge in [0.05, 0.1) is 0 Å². The van der Waals surface area contributed by atoms with Crippen molar-refractivity contribution in [2.45, 2.75) is 38.3 Å². The zero-order chi connectivity index (χ0) is 18.0. The Hall–Kier alpha value is -1.63. The summed E-state index contributed by atoms with van der Waals surface area (Å²) in [4.78, 5) is 19.1. The molecule has 1 N–H and O–H groups in total. The Labute approximate surface area is 156 Å². The maximum absolute atomic E-state index is 12.9. The zero-order valence-electron chi connectivity index (χ0n) is 14.1. The van der Waals surface area contributed by atoms with E-state index in [4.69, 9.17) is 27.7 Å². The number of nitrogens with one attached hydrogen (secondary N) is 1. The fourth-order valence-electron chi connectivity index (χ4n) is 2.97. The first-order valence-electron chi connectivity index (χ1n) is 8.24. The molecule has 2 heterocycles. The predicted molar refractivity (Wildman–Crippen MR) is 96.0 cm³/mol. The van der Waals surface area contributed by atoms with Gasteiger partial charge in [-0.2, -0.15) is 4.98 Å². The number of halogens is 2. The molecule has 3 rings (SSSR count). The van der Waals surface area contributed by atoms with Gasteiger partial charge in [0.25, 0.3) is 5.91 Å². The minimum atomic E-state index is -0.212. The molecule has 1 aliphatic rings. The van der Waals surface area contributed by atoms with Gasteiger partial charge in [-0.25, -0.2) is 0 Å². The first-order valence-corrected chi connectivity index (χ1v) is 9.00. The Morgan fingerprint density at radius 2 is 2.12 bits per heavy atom. The molecule has 25 heavy (non-hydrogen) atoms. The number of rotatable bonds is 5. The van der Waals surface area contributed by atoms with Gasteiger partial charge in [0.15, 0.2) is 5.82 Å². The molecule has 2 unspecified atom stereocenters. The van der Waals surface area contributed by atoms with Crippen molar-refractivity contribution in [1.29, 1.82) is 0 Å². The van der Waals surface area contributed by atoms with Gasteiger partial charge in [0.2, 0.25) is 5.89 Å². The molecule has 0 spiro atoms. The molecule has 1 aromatic heterocycles. The summed E-state index contributed by atoms with van der Waals surface area (Å²) in [6.07, 6.45) is 2.35. The van der Waals surface area contributed by atoms with Crippen LogP contribution in [-0.4, -0.2) is 40.6 Å². The van der Waals surface area contributed by atoms with Crippen molar-refractivity contribution in [3.63, 3.8) is 0 Å². The minimum absolute atomic E-state index is 0.129. The number of carbonyl (C=O) groups is 1. The third-order valence-electron chi connectivity index (χ3n) is 4.37. The lowest BCUT2D eigenvalue weighted by molar-refractivity contribution is 0.0710. The molecule has 2 aromatic rings. The highest BCUT2D eigenvalue weighted by Gasteiger charge is 2.34. The molecule has 0 bridgehead atoms. The molecular formula is C17H20Cl2N4O2. The topological polar surface area (TPSA) is 71.3 Å². The van der Waals surface area contributed by atoms with Gasteiger partial charge in [-0.15, -0.1) is 0 Å². The van der Waals surface area contributed by atoms with Crippen LogP contribution in [-0.2, 0) is 6.42 Å². The molecule has 8 heteroatoms. The smallest absolute Gasteiger partial charge is 0.254 e. The van der Waals surface area contributed by atoms with E-state index >= 15 is 0 Å². The number of aromatic nitrogens is 2. The monoisotopic (exact) mass is 382 g/mol. The molecule has 0 radical (unpaired) electrons. The summed E-state index contributed by atoms with van der Waals surface area (Å²) < 4.78 is 5.42. The molecule has 0 saturated carbocycles. The van der Waals surface area contributed by atoms with E-state index in [0.717, 1.165) is 12.8 Å². The van der Waals surface area contributed by atoms with Crippen LogP contribution in [0.3, 0.4) is 0 Å². The van der Waals surface area contributed by atoms with E-state index in [9.17, 15) is 4.79 Å². The third kappa shape index (κ3) is 4.14. The second-order valence-corrected chi connectivity index (χ2v) is 7.13. The highest BCUT2D eigenvalue weighted by atomic mass is 35.5. The predicted octanol–water partition coefficient (Wildman–Crippen LogP) is 3.50. The number of amides is 1. The van der Waals surface area contributed by atoms with Gasteiger partial charge >= 0.3 is 0 Å². The number of hydrogen-bond acceptors (Lipinski definition) is 5. The van der Waals surface area contributed by atoms with E-state index in [1.54, 1.807) is 23.1 Å². The van der Waals surface area contributed by atoms with Crippen LogP contribution in [0, 0.1) is 0 Å². The molecule has 0 aliphatic carbocycles. The van der Waals surface area contributed by atoms with E-state index in [1.165, 1.54) is 0 Å². The Morgan fingerprint density at radius 1 is 1.40 bits per heavy atom. The van der Waals surface area contributed by atoms with E-state index in [1.807, 2.05) is 14.0 Å². The number of likely N-dealkylation sites (tertiary alicyclic amines) is 1. The third-order valence-corrected chi connectivity index (χ3v) is 4.81. The van der Waals surface area contributed by atoms with Crippen molar-refractivity contribution in [2.75, 3.05) is 13.6 Å². The average Bonchev–Trinajstić information content (AvgIpc) is 3.21. The maximum Gasteiger partial charge on any atom is 0.254 e. The number of nitrogens with zero attached hydrogens (tertiary/aromatic N) is 3. The summed E-state index contributed by atoms with van der Waals surface area (Å²) >= 11 is 12.0. The van der Waals surface area contributed by atoms with Gasteiger partial charge in [-0.1, -0.05) is 28.4 Å². The lowest BCUT2D eigenvalue weighted by Gasteiger charge is -2.22. The zero-order valence-corrected chi connectivity index (χ0v) is 15.6. The average molecular weight is 383 g/mol. The molecule has 2 atom stereocenters. The van der Waals surface area contributed by atoms with Gasteiger partial charge in [-0.3, -0.25) is 4.79 Å². The van der Waals surface area contributed by atoms with Gasteiger partial charge in [0.1, 0.15) is 6.04 Å². The van der Waals surface area contributed by atoms with Crippen LogP contribution < -0.4 is 5.32 Å². The number of carbonyl (C=O) groups excluding carboxylic acids is 1. The van der Waals surface area contributed by atoms with Crippen molar-refractivity contribution in [3.05, 3.63) is 45.5 Å². The first kappa shape index (κ1) is 18.2. The van der Waals surface area contributed by atoms with E-state index in [2.05, 4.69) is 15.5 Å². The highest BCUT2D eigenvalue weighted by Crippen LogP contribution is 2.33. The van der Waals surface area contributed by atoms with Crippen molar-refractivity contribution in [1.82, 2.24) is 20.4 Å². The standard InChI is InChI=1S/C17H20Cl2N4O2/c1-10(20-2)6-15-21-16(25-22-15)14-4-3-5-23(14)17(24)11-7-12(18)9-13(19)8-11/h7-10,14,20H,3-6H2,1-2H3. The Balaban J connectivity index is 1.79.